The highest BCUT2D eigenvalue weighted by atomic mass is 32.2. The molecule has 144 valence electrons. The van der Waals surface area contributed by atoms with E-state index >= 15 is 0 Å². The molecule has 0 saturated carbocycles. The number of guanidine groups is 1. The molecule has 2 fully saturated rings. The maximum atomic E-state index is 5.58. The van der Waals surface area contributed by atoms with Crippen molar-refractivity contribution in [3.63, 3.8) is 0 Å². The van der Waals surface area contributed by atoms with E-state index in [-0.39, 0.29) is 4.75 Å². The van der Waals surface area contributed by atoms with Gasteiger partial charge in [-0.3, -0.25) is 4.99 Å². The van der Waals surface area contributed by atoms with Gasteiger partial charge in [0.15, 0.2) is 5.96 Å². The number of piperazine rings is 1. The van der Waals surface area contributed by atoms with Gasteiger partial charge in [-0.25, -0.2) is 9.97 Å². The van der Waals surface area contributed by atoms with Crippen LogP contribution in [0.3, 0.4) is 0 Å². The van der Waals surface area contributed by atoms with Crippen LogP contribution in [0.5, 0.6) is 0 Å². The number of hydrogen-bond donors (Lipinski definition) is 1. The van der Waals surface area contributed by atoms with Gasteiger partial charge in [0.1, 0.15) is 0 Å². The molecule has 3 heterocycles. The van der Waals surface area contributed by atoms with Crippen molar-refractivity contribution in [2.24, 2.45) is 4.99 Å². The number of hydrogen-bond acceptors (Lipinski definition) is 6. The lowest BCUT2D eigenvalue weighted by Gasteiger charge is -2.40. The summed E-state index contributed by atoms with van der Waals surface area (Å²) in [5.41, 5.74) is 0. The van der Waals surface area contributed by atoms with E-state index in [2.05, 4.69) is 48.8 Å². The van der Waals surface area contributed by atoms with Gasteiger partial charge in [0.2, 0.25) is 5.95 Å². The Bertz CT molecular complexity index is 565. The SMILES string of the molecule is CCSC1(CNC(=NC)N2CCN(c3ncccn3)CC2)CCOCC1. The predicted molar refractivity (Wildman–Crippen MR) is 108 cm³/mol. The molecule has 3 rings (SSSR count). The van der Waals surface area contributed by atoms with Crippen molar-refractivity contribution in [2.75, 3.05) is 63.6 Å². The van der Waals surface area contributed by atoms with Gasteiger partial charge in [0, 0.05) is 70.1 Å². The maximum absolute atomic E-state index is 5.58. The Hall–Kier alpha value is -1.54. The van der Waals surface area contributed by atoms with Crippen molar-refractivity contribution < 1.29 is 4.74 Å². The summed E-state index contributed by atoms with van der Waals surface area (Å²) in [5.74, 6) is 2.95. The number of aliphatic imine (C=N–C) groups is 1. The lowest BCUT2D eigenvalue weighted by molar-refractivity contribution is 0.0780. The molecule has 0 bridgehead atoms. The molecule has 8 heteroatoms. The van der Waals surface area contributed by atoms with Crippen molar-refractivity contribution in [3.05, 3.63) is 18.5 Å². The van der Waals surface area contributed by atoms with E-state index in [9.17, 15) is 0 Å². The van der Waals surface area contributed by atoms with Crippen LogP contribution in [0, 0.1) is 0 Å². The number of anilines is 1. The van der Waals surface area contributed by atoms with Gasteiger partial charge in [-0.2, -0.15) is 11.8 Å². The Morgan fingerprint density at radius 2 is 1.92 bits per heavy atom. The molecule has 1 aromatic rings. The molecule has 26 heavy (non-hydrogen) atoms. The van der Waals surface area contributed by atoms with Gasteiger partial charge in [-0.15, -0.1) is 0 Å². The largest absolute Gasteiger partial charge is 0.381 e. The van der Waals surface area contributed by atoms with Crippen LogP contribution in [0.4, 0.5) is 5.95 Å². The van der Waals surface area contributed by atoms with Crippen molar-refractivity contribution in [2.45, 2.75) is 24.5 Å². The summed E-state index contributed by atoms with van der Waals surface area (Å²) >= 11 is 2.06. The minimum absolute atomic E-state index is 0.267. The summed E-state index contributed by atoms with van der Waals surface area (Å²) in [6, 6.07) is 1.85. The van der Waals surface area contributed by atoms with E-state index in [1.54, 1.807) is 12.4 Å². The minimum Gasteiger partial charge on any atom is -0.381 e. The van der Waals surface area contributed by atoms with Crippen LogP contribution in [0.2, 0.25) is 0 Å². The molecule has 2 saturated heterocycles. The molecule has 1 aromatic heterocycles. The van der Waals surface area contributed by atoms with Crippen molar-refractivity contribution in [1.82, 2.24) is 20.2 Å². The van der Waals surface area contributed by atoms with Gasteiger partial charge in [-0.05, 0) is 24.7 Å². The first-order chi connectivity index (χ1) is 12.8. The molecule has 0 atom stereocenters. The lowest BCUT2D eigenvalue weighted by atomic mass is 9.99. The monoisotopic (exact) mass is 378 g/mol. The zero-order valence-electron chi connectivity index (χ0n) is 15.9. The summed E-state index contributed by atoms with van der Waals surface area (Å²) in [7, 11) is 1.87. The standard InChI is InChI=1S/C18H30N6OS/c1-3-26-18(5-13-25-14-6-18)15-22-16(19-2)23-9-11-24(12-10-23)17-20-7-4-8-21-17/h4,7-8H,3,5-6,9-15H2,1-2H3,(H,19,22). The second-order valence-electron chi connectivity index (χ2n) is 6.65. The average molecular weight is 379 g/mol. The molecule has 7 nitrogen and oxygen atoms in total. The van der Waals surface area contributed by atoms with Crippen molar-refractivity contribution >= 4 is 23.7 Å². The topological polar surface area (TPSA) is 65.9 Å². The molecule has 0 unspecified atom stereocenters. The van der Waals surface area contributed by atoms with Crippen LogP contribution < -0.4 is 10.2 Å². The quantitative estimate of drug-likeness (QED) is 0.615. The second-order valence-corrected chi connectivity index (χ2v) is 8.38. The molecule has 0 radical (unpaired) electrons. The first-order valence-corrected chi connectivity index (χ1v) is 10.4. The zero-order chi connectivity index (χ0) is 18.2. The number of ether oxygens (including phenoxy) is 1. The highest BCUT2D eigenvalue weighted by Crippen LogP contribution is 2.34. The first-order valence-electron chi connectivity index (χ1n) is 9.45. The molecule has 0 amide bonds. The van der Waals surface area contributed by atoms with E-state index in [0.29, 0.717) is 0 Å². The fourth-order valence-corrected chi connectivity index (χ4v) is 4.81. The highest BCUT2D eigenvalue weighted by molar-refractivity contribution is 8.00. The smallest absolute Gasteiger partial charge is 0.225 e. The number of rotatable bonds is 5. The molecule has 1 N–H and O–H groups in total. The van der Waals surface area contributed by atoms with E-state index < -0.39 is 0 Å². The first kappa shape index (κ1) is 19.2. The lowest BCUT2D eigenvalue weighted by Crippen LogP contribution is -2.55. The molecule has 2 aliphatic rings. The third kappa shape index (κ3) is 4.79. The van der Waals surface area contributed by atoms with Gasteiger partial charge < -0.3 is 19.9 Å². The van der Waals surface area contributed by atoms with Crippen LogP contribution in [0.15, 0.2) is 23.5 Å². The number of thioether (sulfide) groups is 1. The third-order valence-corrected chi connectivity index (χ3v) is 6.50. The zero-order valence-corrected chi connectivity index (χ0v) is 16.7. The Labute approximate surface area is 160 Å². The Kier molecular flexibility index (Phi) is 6.96. The van der Waals surface area contributed by atoms with Crippen LogP contribution in [0.1, 0.15) is 19.8 Å². The van der Waals surface area contributed by atoms with E-state index in [0.717, 1.165) is 76.4 Å². The van der Waals surface area contributed by atoms with Gasteiger partial charge in [0.05, 0.1) is 0 Å². The van der Waals surface area contributed by atoms with E-state index in [4.69, 9.17) is 4.74 Å². The van der Waals surface area contributed by atoms with Gasteiger partial charge >= 0.3 is 0 Å². The summed E-state index contributed by atoms with van der Waals surface area (Å²) in [5, 5.41) is 3.64. The molecular formula is C18H30N6OS. The number of aromatic nitrogens is 2. The second kappa shape index (κ2) is 9.41. The van der Waals surface area contributed by atoms with Crippen molar-refractivity contribution in [3.8, 4) is 0 Å². The molecule has 2 aliphatic heterocycles. The van der Waals surface area contributed by atoms with Crippen LogP contribution >= 0.6 is 11.8 Å². The Morgan fingerprint density at radius 1 is 1.23 bits per heavy atom. The number of nitrogens with zero attached hydrogens (tertiary/aromatic N) is 5. The fourth-order valence-electron chi connectivity index (χ4n) is 3.57. The molecular weight excluding hydrogens is 348 g/mol. The Balaban J connectivity index is 1.53. The third-order valence-electron chi connectivity index (χ3n) is 5.05. The van der Waals surface area contributed by atoms with Crippen LogP contribution in [-0.2, 0) is 4.74 Å². The van der Waals surface area contributed by atoms with Gasteiger partial charge in [0.25, 0.3) is 0 Å². The molecule has 0 spiro atoms. The van der Waals surface area contributed by atoms with E-state index in [1.165, 1.54) is 0 Å². The van der Waals surface area contributed by atoms with Crippen LogP contribution in [0.25, 0.3) is 0 Å². The fraction of sp³-hybridized carbons (Fsp3) is 0.722. The predicted octanol–water partition coefficient (Wildman–Crippen LogP) is 1.48. The summed E-state index contributed by atoms with van der Waals surface area (Å²) in [4.78, 5) is 17.8. The Morgan fingerprint density at radius 3 is 2.54 bits per heavy atom. The normalized spacial score (nSPS) is 20.9. The average Bonchev–Trinajstić information content (AvgIpc) is 2.71. The summed E-state index contributed by atoms with van der Waals surface area (Å²) in [6.45, 7) is 8.59. The summed E-state index contributed by atoms with van der Waals surface area (Å²) < 4.78 is 5.84. The number of nitrogens with one attached hydrogen (secondary N) is 1. The maximum Gasteiger partial charge on any atom is 0.225 e. The van der Waals surface area contributed by atoms with E-state index in [1.807, 2.05) is 13.1 Å². The van der Waals surface area contributed by atoms with Gasteiger partial charge in [-0.1, -0.05) is 6.92 Å². The molecule has 0 aromatic carbocycles. The summed E-state index contributed by atoms with van der Waals surface area (Å²) in [6.07, 6.45) is 5.81. The minimum atomic E-state index is 0.267. The van der Waals surface area contributed by atoms with Crippen LogP contribution in [-0.4, -0.2) is 84.3 Å². The molecule has 0 aliphatic carbocycles. The van der Waals surface area contributed by atoms with Crippen molar-refractivity contribution in [1.29, 1.82) is 0 Å². The highest BCUT2D eigenvalue weighted by Gasteiger charge is 2.33.